The van der Waals surface area contributed by atoms with Crippen LogP contribution in [0, 0.1) is 0 Å². The number of carbonyl (C=O) groups is 2. The van der Waals surface area contributed by atoms with E-state index >= 15 is 0 Å². The summed E-state index contributed by atoms with van der Waals surface area (Å²) < 4.78 is 10.3. The molecule has 7 heteroatoms. The summed E-state index contributed by atoms with van der Waals surface area (Å²) in [5, 5.41) is 2.28. The molecular weight excluding hydrogens is 250 g/mol. The molecule has 2 rings (SSSR count). The largest absolute Gasteiger partial charge is 0.459 e. The molecule has 1 fully saturated rings. The van der Waals surface area contributed by atoms with Gasteiger partial charge >= 0.3 is 0 Å². The van der Waals surface area contributed by atoms with Crippen molar-refractivity contribution in [3.8, 4) is 0 Å². The fourth-order valence-corrected chi connectivity index (χ4v) is 1.91. The Balaban J connectivity index is 1.79. The van der Waals surface area contributed by atoms with E-state index in [1.54, 1.807) is 6.07 Å². The molecule has 2 amide bonds. The van der Waals surface area contributed by atoms with E-state index in [2.05, 4.69) is 5.32 Å². The van der Waals surface area contributed by atoms with Crippen LogP contribution in [0.2, 0.25) is 0 Å². The topological polar surface area (TPSA) is 97.8 Å². The average Bonchev–Trinajstić information content (AvgIpc) is 2.92. The van der Waals surface area contributed by atoms with Crippen molar-refractivity contribution < 1.29 is 18.7 Å². The van der Waals surface area contributed by atoms with Gasteiger partial charge in [0.2, 0.25) is 5.91 Å². The standard InChI is InChI=1S/C12H17N3O4/c13-6-9-7-15(3-5-18-9)8-11(16)14-12(17)10-2-1-4-19-10/h1-2,4,9H,3,5-8,13H2,(H,14,16,17). The van der Waals surface area contributed by atoms with Gasteiger partial charge < -0.3 is 14.9 Å². The molecule has 104 valence electrons. The molecule has 0 aromatic carbocycles. The number of nitrogens with two attached hydrogens (primary N) is 1. The predicted molar refractivity (Wildman–Crippen MR) is 66.4 cm³/mol. The number of hydrogen-bond donors (Lipinski definition) is 2. The summed E-state index contributed by atoms with van der Waals surface area (Å²) in [6.45, 7) is 2.36. The third-order valence-electron chi connectivity index (χ3n) is 2.85. The fourth-order valence-electron chi connectivity index (χ4n) is 1.91. The first kappa shape index (κ1) is 13.7. The zero-order valence-electron chi connectivity index (χ0n) is 10.5. The third kappa shape index (κ3) is 3.88. The molecule has 1 aliphatic rings. The first-order chi connectivity index (χ1) is 9.19. The van der Waals surface area contributed by atoms with Gasteiger partial charge in [0.05, 0.1) is 25.5 Å². The van der Waals surface area contributed by atoms with Gasteiger partial charge in [-0.25, -0.2) is 0 Å². The molecule has 1 atom stereocenters. The van der Waals surface area contributed by atoms with Gasteiger partial charge in [-0.3, -0.25) is 19.8 Å². The maximum absolute atomic E-state index is 11.7. The summed E-state index contributed by atoms with van der Waals surface area (Å²) in [7, 11) is 0. The number of ether oxygens (including phenoxy) is 1. The first-order valence-corrected chi connectivity index (χ1v) is 6.10. The molecule has 0 saturated carbocycles. The third-order valence-corrected chi connectivity index (χ3v) is 2.85. The minimum absolute atomic E-state index is 0.0534. The number of furan rings is 1. The van der Waals surface area contributed by atoms with Crippen molar-refractivity contribution in [3.63, 3.8) is 0 Å². The van der Waals surface area contributed by atoms with Crippen molar-refractivity contribution in [2.75, 3.05) is 32.8 Å². The Labute approximate surface area is 110 Å². The lowest BCUT2D eigenvalue weighted by Gasteiger charge is -2.31. The van der Waals surface area contributed by atoms with Crippen molar-refractivity contribution in [2.24, 2.45) is 5.73 Å². The van der Waals surface area contributed by atoms with E-state index in [4.69, 9.17) is 14.9 Å². The number of morpholine rings is 1. The minimum Gasteiger partial charge on any atom is -0.459 e. The quantitative estimate of drug-likeness (QED) is 0.741. The Hall–Kier alpha value is -1.70. The van der Waals surface area contributed by atoms with Crippen molar-refractivity contribution in [3.05, 3.63) is 24.2 Å². The smallest absolute Gasteiger partial charge is 0.293 e. The van der Waals surface area contributed by atoms with Crippen LogP contribution in [0.25, 0.3) is 0 Å². The number of carbonyl (C=O) groups excluding carboxylic acids is 2. The Morgan fingerprint density at radius 2 is 2.37 bits per heavy atom. The summed E-state index contributed by atoms with van der Waals surface area (Å²) >= 11 is 0. The van der Waals surface area contributed by atoms with E-state index in [0.717, 1.165) is 0 Å². The van der Waals surface area contributed by atoms with E-state index in [1.165, 1.54) is 12.3 Å². The molecule has 19 heavy (non-hydrogen) atoms. The highest BCUT2D eigenvalue weighted by molar-refractivity contribution is 6.03. The molecule has 0 spiro atoms. The maximum Gasteiger partial charge on any atom is 0.293 e. The Morgan fingerprint density at radius 1 is 1.53 bits per heavy atom. The predicted octanol–water partition coefficient (Wildman–Crippen LogP) is -0.804. The monoisotopic (exact) mass is 267 g/mol. The van der Waals surface area contributed by atoms with E-state index in [0.29, 0.717) is 26.2 Å². The van der Waals surface area contributed by atoms with Gasteiger partial charge in [-0.1, -0.05) is 0 Å². The second-order valence-corrected chi connectivity index (χ2v) is 4.32. The maximum atomic E-state index is 11.7. The van der Waals surface area contributed by atoms with Gasteiger partial charge in [0.25, 0.3) is 5.91 Å². The van der Waals surface area contributed by atoms with E-state index in [9.17, 15) is 9.59 Å². The van der Waals surface area contributed by atoms with Crippen molar-refractivity contribution >= 4 is 11.8 Å². The van der Waals surface area contributed by atoms with Gasteiger partial charge in [-0.05, 0) is 12.1 Å². The number of imide groups is 1. The number of rotatable bonds is 4. The lowest BCUT2D eigenvalue weighted by molar-refractivity contribution is -0.123. The van der Waals surface area contributed by atoms with Crippen LogP contribution in [0.1, 0.15) is 10.6 Å². The normalized spacial score (nSPS) is 20.2. The van der Waals surface area contributed by atoms with E-state index in [-0.39, 0.29) is 24.3 Å². The molecule has 2 heterocycles. The lowest BCUT2D eigenvalue weighted by Crippen LogP contribution is -2.49. The summed E-state index contributed by atoms with van der Waals surface area (Å²) in [6.07, 6.45) is 1.33. The van der Waals surface area contributed by atoms with E-state index in [1.807, 2.05) is 4.90 Å². The number of hydrogen-bond acceptors (Lipinski definition) is 6. The van der Waals surface area contributed by atoms with Gasteiger partial charge in [-0.15, -0.1) is 0 Å². The summed E-state index contributed by atoms with van der Waals surface area (Å²) in [5.74, 6) is -0.770. The molecular formula is C12H17N3O4. The van der Waals surface area contributed by atoms with Gasteiger partial charge in [0.15, 0.2) is 5.76 Å². The number of nitrogens with one attached hydrogen (secondary N) is 1. The molecule has 0 aliphatic carbocycles. The van der Waals surface area contributed by atoms with Crippen LogP contribution in [0.3, 0.4) is 0 Å². The van der Waals surface area contributed by atoms with Gasteiger partial charge in [-0.2, -0.15) is 0 Å². The van der Waals surface area contributed by atoms with Gasteiger partial charge in [0, 0.05) is 19.6 Å². The number of nitrogens with zero attached hydrogens (tertiary/aromatic N) is 1. The van der Waals surface area contributed by atoms with Crippen LogP contribution in [0.4, 0.5) is 0 Å². The van der Waals surface area contributed by atoms with Crippen LogP contribution in [-0.2, 0) is 9.53 Å². The van der Waals surface area contributed by atoms with Crippen molar-refractivity contribution in [1.82, 2.24) is 10.2 Å². The van der Waals surface area contributed by atoms with Crippen molar-refractivity contribution in [1.29, 1.82) is 0 Å². The van der Waals surface area contributed by atoms with Crippen LogP contribution in [0.15, 0.2) is 22.8 Å². The van der Waals surface area contributed by atoms with Crippen LogP contribution in [0.5, 0.6) is 0 Å². The molecule has 1 saturated heterocycles. The molecule has 1 aromatic rings. The molecule has 1 unspecified atom stereocenters. The Kier molecular flexibility index (Phi) is 4.67. The minimum atomic E-state index is -0.529. The van der Waals surface area contributed by atoms with Crippen LogP contribution >= 0.6 is 0 Å². The zero-order chi connectivity index (χ0) is 13.7. The molecule has 1 aliphatic heterocycles. The molecule has 0 bridgehead atoms. The first-order valence-electron chi connectivity index (χ1n) is 6.10. The molecule has 0 radical (unpaired) electrons. The molecule has 7 nitrogen and oxygen atoms in total. The van der Waals surface area contributed by atoms with Crippen LogP contribution < -0.4 is 11.1 Å². The lowest BCUT2D eigenvalue weighted by atomic mass is 10.2. The Morgan fingerprint density at radius 3 is 3.05 bits per heavy atom. The van der Waals surface area contributed by atoms with Crippen LogP contribution in [-0.4, -0.2) is 55.6 Å². The Bertz CT molecular complexity index is 432. The summed E-state index contributed by atoms with van der Waals surface area (Å²) in [5.41, 5.74) is 5.52. The highest BCUT2D eigenvalue weighted by Gasteiger charge is 2.22. The highest BCUT2D eigenvalue weighted by Crippen LogP contribution is 2.04. The zero-order valence-corrected chi connectivity index (χ0v) is 10.5. The van der Waals surface area contributed by atoms with E-state index < -0.39 is 5.91 Å². The van der Waals surface area contributed by atoms with Gasteiger partial charge in [0.1, 0.15) is 0 Å². The highest BCUT2D eigenvalue weighted by atomic mass is 16.5. The summed E-state index contributed by atoms with van der Waals surface area (Å²) in [4.78, 5) is 25.2. The van der Waals surface area contributed by atoms with Crippen molar-refractivity contribution in [2.45, 2.75) is 6.10 Å². The molecule has 1 aromatic heterocycles. The second-order valence-electron chi connectivity index (χ2n) is 4.32. The summed E-state index contributed by atoms with van der Waals surface area (Å²) in [6, 6.07) is 3.09. The molecule has 3 N–H and O–H groups in total. The second kappa shape index (κ2) is 6.46. The SMILES string of the molecule is NCC1CN(CC(=O)NC(=O)c2ccco2)CCO1. The number of amides is 2. The fraction of sp³-hybridized carbons (Fsp3) is 0.500. The average molecular weight is 267 g/mol.